The highest BCUT2D eigenvalue weighted by Crippen LogP contribution is 2.46. The van der Waals surface area contributed by atoms with Crippen LogP contribution in [0.4, 0.5) is 20.6 Å². The number of amides is 1. The fraction of sp³-hybridized carbons (Fsp3) is 0.400. The Labute approximate surface area is 186 Å². The zero-order valence-electron chi connectivity index (χ0n) is 18.1. The molecule has 2 fully saturated rings. The van der Waals surface area contributed by atoms with Crippen LogP contribution in [0.5, 0.6) is 5.75 Å². The van der Waals surface area contributed by atoms with Gasteiger partial charge >= 0.3 is 6.09 Å². The van der Waals surface area contributed by atoms with Gasteiger partial charge in [0.15, 0.2) is 0 Å². The number of nitrogen functional groups attached to an aromatic ring is 1. The lowest BCUT2D eigenvalue weighted by molar-refractivity contribution is 0.108. The number of anilines is 2. The molecule has 7 heteroatoms. The van der Waals surface area contributed by atoms with Gasteiger partial charge in [-0.1, -0.05) is 12.1 Å². The Morgan fingerprint density at radius 2 is 1.94 bits per heavy atom. The third kappa shape index (κ3) is 4.11. The zero-order chi connectivity index (χ0) is 22.2. The highest BCUT2D eigenvalue weighted by Gasteiger charge is 2.31. The molecule has 0 bridgehead atoms. The average Bonchev–Trinajstić information content (AvgIpc) is 3.70. The standard InChI is InChI=1S/C25H28FN3O3/c1-15(16-2-3-16)32-25(30)28-18-6-4-17(5-7-18)24-23(27)21-11-10-20(31-13-12-26)14-22(21)29(24)19-8-9-19/h4-7,10-11,14-16,19H,2-3,8-9,12-13,27H2,1H3,(H,28,30)/t15-/m1/s1. The predicted molar refractivity (Wildman–Crippen MR) is 124 cm³/mol. The number of nitrogens with one attached hydrogen (secondary N) is 1. The van der Waals surface area contributed by atoms with Crippen molar-refractivity contribution in [3.8, 4) is 17.0 Å². The monoisotopic (exact) mass is 437 g/mol. The second kappa shape index (κ2) is 8.37. The number of carbonyl (C=O) groups is 1. The van der Waals surface area contributed by atoms with Gasteiger partial charge in [0.2, 0.25) is 0 Å². The van der Waals surface area contributed by atoms with E-state index in [1.807, 2.05) is 49.4 Å². The predicted octanol–water partition coefficient (Wildman–Crippen LogP) is 5.92. The van der Waals surface area contributed by atoms with Crippen LogP contribution in [0.2, 0.25) is 0 Å². The number of hydrogen-bond donors (Lipinski definition) is 2. The fourth-order valence-electron chi connectivity index (χ4n) is 4.26. The van der Waals surface area contributed by atoms with E-state index in [-0.39, 0.29) is 12.7 Å². The molecule has 0 saturated heterocycles. The molecule has 1 atom stereocenters. The van der Waals surface area contributed by atoms with Crippen molar-refractivity contribution in [2.75, 3.05) is 24.3 Å². The molecule has 32 heavy (non-hydrogen) atoms. The van der Waals surface area contributed by atoms with Gasteiger partial charge in [-0.3, -0.25) is 5.32 Å². The lowest BCUT2D eigenvalue weighted by atomic mass is 10.1. The summed E-state index contributed by atoms with van der Waals surface area (Å²) in [6.45, 7) is 1.45. The maximum atomic E-state index is 12.5. The Morgan fingerprint density at radius 1 is 1.19 bits per heavy atom. The van der Waals surface area contributed by atoms with Crippen molar-refractivity contribution in [2.45, 2.75) is 44.8 Å². The number of ether oxygens (including phenoxy) is 2. The number of nitrogens with two attached hydrogens (primary N) is 1. The molecule has 6 nitrogen and oxygen atoms in total. The number of rotatable bonds is 8. The maximum Gasteiger partial charge on any atom is 0.411 e. The van der Waals surface area contributed by atoms with E-state index in [0.29, 0.717) is 29.1 Å². The summed E-state index contributed by atoms with van der Waals surface area (Å²) in [5.41, 5.74) is 10.9. The van der Waals surface area contributed by atoms with E-state index in [1.165, 1.54) is 0 Å². The molecule has 0 aliphatic heterocycles. The Morgan fingerprint density at radius 3 is 2.59 bits per heavy atom. The van der Waals surface area contributed by atoms with E-state index >= 15 is 0 Å². The van der Waals surface area contributed by atoms with E-state index in [0.717, 1.165) is 47.8 Å². The minimum atomic E-state index is -0.525. The van der Waals surface area contributed by atoms with Gasteiger partial charge in [0.1, 0.15) is 25.1 Å². The Balaban J connectivity index is 1.41. The van der Waals surface area contributed by atoms with Gasteiger partial charge < -0.3 is 19.8 Å². The van der Waals surface area contributed by atoms with Crippen LogP contribution >= 0.6 is 0 Å². The molecule has 3 N–H and O–H groups in total. The van der Waals surface area contributed by atoms with Crippen LogP contribution in [0.15, 0.2) is 42.5 Å². The second-order valence-electron chi connectivity index (χ2n) is 8.73. The van der Waals surface area contributed by atoms with E-state index in [2.05, 4.69) is 9.88 Å². The number of alkyl halides is 1. The van der Waals surface area contributed by atoms with Crippen LogP contribution in [0, 0.1) is 5.92 Å². The molecule has 1 heterocycles. The molecule has 168 valence electrons. The Kier molecular flexibility index (Phi) is 5.41. The van der Waals surface area contributed by atoms with Crippen LogP contribution < -0.4 is 15.8 Å². The summed E-state index contributed by atoms with van der Waals surface area (Å²) >= 11 is 0. The van der Waals surface area contributed by atoms with Gasteiger partial charge in [-0.05, 0) is 62.8 Å². The molecule has 2 saturated carbocycles. The summed E-state index contributed by atoms with van der Waals surface area (Å²) in [4.78, 5) is 12.1. The fourth-order valence-corrected chi connectivity index (χ4v) is 4.26. The molecule has 2 aliphatic rings. The normalized spacial score (nSPS) is 16.7. The Bertz CT molecular complexity index is 1130. The number of aromatic nitrogens is 1. The quantitative estimate of drug-likeness (QED) is 0.458. The minimum absolute atomic E-state index is 0.0360. The molecule has 3 aromatic rings. The first-order valence-electron chi connectivity index (χ1n) is 11.3. The molecular weight excluding hydrogens is 409 g/mol. The molecule has 1 amide bonds. The van der Waals surface area contributed by atoms with Crippen molar-refractivity contribution in [1.29, 1.82) is 0 Å². The van der Waals surface area contributed by atoms with Crippen molar-refractivity contribution in [2.24, 2.45) is 5.92 Å². The topological polar surface area (TPSA) is 78.5 Å². The summed E-state index contributed by atoms with van der Waals surface area (Å²) in [5, 5.41) is 3.76. The molecule has 2 aliphatic carbocycles. The second-order valence-corrected chi connectivity index (χ2v) is 8.73. The largest absolute Gasteiger partial charge is 0.491 e. The van der Waals surface area contributed by atoms with E-state index in [9.17, 15) is 9.18 Å². The number of fused-ring (bicyclic) bond motifs is 1. The average molecular weight is 438 g/mol. The van der Waals surface area contributed by atoms with Gasteiger partial charge in [0.05, 0.1) is 16.9 Å². The molecule has 0 unspecified atom stereocenters. The van der Waals surface area contributed by atoms with Gasteiger partial charge in [-0.2, -0.15) is 0 Å². The van der Waals surface area contributed by atoms with Gasteiger partial charge in [0.25, 0.3) is 0 Å². The van der Waals surface area contributed by atoms with Crippen molar-refractivity contribution in [3.05, 3.63) is 42.5 Å². The lowest BCUT2D eigenvalue weighted by Gasteiger charge is -2.14. The third-order valence-corrected chi connectivity index (χ3v) is 6.26. The number of benzene rings is 2. The highest BCUT2D eigenvalue weighted by atomic mass is 19.1. The number of halogens is 1. The van der Waals surface area contributed by atoms with Gasteiger partial charge in [-0.25, -0.2) is 9.18 Å². The number of nitrogens with zero attached hydrogens (tertiary/aromatic N) is 1. The number of carbonyl (C=O) groups excluding carboxylic acids is 1. The molecule has 5 rings (SSSR count). The van der Waals surface area contributed by atoms with Crippen LogP contribution in [0.1, 0.15) is 38.6 Å². The minimum Gasteiger partial charge on any atom is -0.491 e. The zero-order valence-corrected chi connectivity index (χ0v) is 18.1. The summed E-state index contributed by atoms with van der Waals surface area (Å²) < 4.78 is 25.7. The Hall–Kier alpha value is -3.22. The van der Waals surface area contributed by atoms with Gasteiger partial charge in [-0.15, -0.1) is 0 Å². The van der Waals surface area contributed by atoms with Crippen molar-refractivity contribution in [3.63, 3.8) is 0 Å². The molecule has 0 radical (unpaired) electrons. The van der Waals surface area contributed by atoms with E-state index in [1.54, 1.807) is 0 Å². The van der Waals surface area contributed by atoms with E-state index < -0.39 is 12.8 Å². The summed E-state index contributed by atoms with van der Waals surface area (Å²) in [6.07, 6.45) is 3.96. The molecule has 1 aromatic heterocycles. The molecule has 0 spiro atoms. The first-order valence-corrected chi connectivity index (χ1v) is 11.3. The SMILES string of the molecule is C[C@@H](OC(=O)Nc1ccc(-c2c(N)c3ccc(OCCF)cc3n2C2CC2)cc1)C1CC1. The highest BCUT2D eigenvalue weighted by molar-refractivity contribution is 6.02. The van der Waals surface area contributed by atoms with Crippen LogP contribution in [-0.4, -0.2) is 30.0 Å². The summed E-state index contributed by atoms with van der Waals surface area (Å²) in [6, 6.07) is 13.7. The lowest BCUT2D eigenvalue weighted by Crippen LogP contribution is -2.21. The summed E-state index contributed by atoms with van der Waals surface area (Å²) in [5.74, 6) is 1.14. The third-order valence-electron chi connectivity index (χ3n) is 6.26. The molecular formula is C25H28FN3O3. The first-order chi connectivity index (χ1) is 15.5. The number of hydrogen-bond acceptors (Lipinski definition) is 4. The van der Waals surface area contributed by atoms with Crippen LogP contribution in [-0.2, 0) is 4.74 Å². The maximum absolute atomic E-state index is 12.5. The van der Waals surface area contributed by atoms with Crippen molar-refractivity contribution < 1.29 is 18.7 Å². The van der Waals surface area contributed by atoms with E-state index in [4.69, 9.17) is 15.2 Å². The van der Waals surface area contributed by atoms with Crippen LogP contribution in [0.3, 0.4) is 0 Å². The summed E-state index contributed by atoms with van der Waals surface area (Å²) in [7, 11) is 0. The van der Waals surface area contributed by atoms with Crippen LogP contribution in [0.25, 0.3) is 22.2 Å². The van der Waals surface area contributed by atoms with Crippen molar-refractivity contribution in [1.82, 2.24) is 4.57 Å². The van der Waals surface area contributed by atoms with Crippen molar-refractivity contribution >= 4 is 28.4 Å². The van der Waals surface area contributed by atoms with Gasteiger partial charge in [0, 0.05) is 28.7 Å². The smallest absolute Gasteiger partial charge is 0.411 e. The molecule has 2 aromatic carbocycles. The first kappa shape index (κ1) is 20.7.